The SMILES string of the molecule is COc1ccc(CN2CCN(CCCc3cc(C(C)(C)C)c(O)c(C(C)(C)C)c3)CC2)c(OC)c1OC. The number of phenols is 1. The van der Waals surface area contributed by atoms with E-state index < -0.39 is 0 Å². The van der Waals surface area contributed by atoms with Crippen LogP contribution in [0, 0.1) is 0 Å². The van der Waals surface area contributed by atoms with Gasteiger partial charge in [-0.2, -0.15) is 0 Å². The van der Waals surface area contributed by atoms with Crippen LogP contribution in [0.3, 0.4) is 0 Å². The first-order valence-corrected chi connectivity index (χ1v) is 13.5. The predicted molar refractivity (Wildman–Crippen MR) is 152 cm³/mol. The molecule has 1 aliphatic rings. The van der Waals surface area contributed by atoms with Gasteiger partial charge in [0.1, 0.15) is 5.75 Å². The Hall–Kier alpha value is -2.44. The standard InChI is InChI=1S/C31H48N2O4/c1-30(2,3)24-19-22(20-25(27(24)34)31(4,5)6)11-10-14-32-15-17-33(18-16-32)21-23-12-13-26(35-7)29(37-9)28(23)36-8/h12-13,19-20,34H,10-11,14-18,21H2,1-9H3. The average Bonchev–Trinajstić information content (AvgIpc) is 2.84. The topological polar surface area (TPSA) is 54.4 Å². The van der Waals surface area contributed by atoms with Crippen LogP contribution in [-0.4, -0.2) is 69.0 Å². The summed E-state index contributed by atoms with van der Waals surface area (Å²) in [6.45, 7) is 19.1. The smallest absolute Gasteiger partial charge is 0.203 e. The molecule has 206 valence electrons. The van der Waals surface area contributed by atoms with E-state index in [-0.39, 0.29) is 10.8 Å². The number of aryl methyl sites for hydroxylation is 1. The third kappa shape index (κ3) is 7.11. The lowest BCUT2D eigenvalue weighted by Crippen LogP contribution is -2.46. The summed E-state index contributed by atoms with van der Waals surface area (Å²) >= 11 is 0. The first kappa shape index (κ1) is 29.1. The molecule has 2 aromatic carbocycles. The molecule has 0 saturated carbocycles. The van der Waals surface area contributed by atoms with Crippen LogP contribution in [0.4, 0.5) is 0 Å². The van der Waals surface area contributed by atoms with Gasteiger partial charge in [0.25, 0.3) is 0 Å². The summed E-state index contributed by atoms with van der Waals surface area (Å²) in [5.41, 5.74) is 4.36. The molecule has 1 N–H and O–H groups in total. The lowest BCUT2D eigenvalue weighted by atomic mass is 9.78. The van der Waals surface area contributed by atoms with Gasteiger partial charge in [-0.3, -0.25) is 4.90 Å². The monoisotopic (exact) mass is 512 g/mol. The maximum absolute atomic E-state index is 11.0. The molecule has 1 saturated heterocycles. The van der Waals surface area contributed by atoms with Crippen molar-refractivity contribution < 1.29 is 19.3 Å². The van der Waals surface area contributed by atoms with Gasteiger partial charge in [-0.1, -0.05) is 59.7 Å². The molecule has 6 nitrogen and oxygen atoms in total. The lowest BCUT2D eigenvalue weighted by molar-refractivity contribution is 0.125. The van der Waals surface area contributed by atoms with Crippen molar-refractivity contribution in [3.05, 3.63) is 46.5 Å². The van der Waals surface area contributed by atoms with Gasteiger partial charge < -0.3 is 24.2 Å². The van der Waals surface area contributed by atoms with Crippen molar-refractivity contribution in [2.24, 2.45) is 0 Å². The molecule has 2 aromatic rings. The van der Waals surface area contributed by atoms with E-state index in [2.05, 4.69) is 69.5 Å². The van der Waals surface area contributed by atoms with Gasteiger partial charge in [-0.25, -0.2) is 0 Å². The molecule has 0 atom stereocenters. The summed E-state index contributed by atoms with van der Waals surface area (Å²) in [6, 6.07) is 8.46. The highest BCUT2D eigenvalue weighted by Gasteiger charge is 2.27. The zero-order valence-corrected chi connectivity index (χ0v) is 24.5. The summed E-state index contributed by atoms with van der Waals surface area (Å²) < 4.78 is 16.7. The Morgan fingerprint density at radius 3 is 1.78 bits per heavy atom. The molecule has 0 spiro atoms. The molecule has 1 fully saturated rings. The van der Waals surface area contributed by atoms with Crippen molar-refractivity contribution in [2.75, 3.05) is 54.1 Å². The van der Waals surface area contributed by atoms with Gasteiger partial charge in [-0.05, 0) is 53.0 Å². The number of rotatable bonds is 9. The Bertz CT molecular complexity index is 1010. The zero-order chi connectivity index (χ0) is 27.4. The van der Waals surface area contributed by atoms with E-state index in [1.165, 1.54) is 5.56 Å². The molecule has 0 amide bonds. The molecule has 0 unspecified atom stereocenters. The molecular formula is C31H48N2O4. The minimum Gasteiger partial charge on any atom is -0.507 e. The molecule has 3 rings (SSSR count). The first-order valence-electron chi connectivity index (χ1n) is 13.5. The molecule has 0 bridgehead atoms. The fourth-order valence-electron chi connectivity index (χ4n) is 5.19. The Balaban J connectivity index is 1.57. The van der Waals surface area contributed by atoms with Gasteiger partial charge in [0, 0.05) is 38.3 Å². The summed E-state index contributed by atoms with van der Waals surface area (Å²) in [6.07, 6.45) is 2.14. The second kappa shape index (κ2) is 12.0. The van der Waals surface area contributed by atoms with E-state index in [1.54, 1.807) is 21.3 Å². The maximum Gasteiger partial charge on any atom is 0.203 e. The highest BCUT2D eigenvalue weighted by Crippen LogP contribution is 2.41. The summed E-state index contributed by atoms with van der Waals surface area (Å²) in [7, 11) is 4.97. The number of ether oxygens (including phenoxy) is 3. The number of phenolic OH excluding ortho intramolecular Hbond substituents is 1. The van der Waals surface area contributed by atoms with Crippen molar-refractivity contribution >= 4 is 0 Å². The van der Waals surface area contributed by atoms with Gasteiger partial charge in [0.15, 0.2) is 11.5 Å². The van der Waals surface area contributed by atoms with E-state index in [0.717, 1.165) is 74.6 Å². The highest BCUT2D eigenvalue weighted by molar-refractivity contribution is 5.55. The van der Waals surface area contributed by atoms with Crippen LogP contribution in [0.15, 0.2) is 24.3 Å². The quantitative estimate of drug-likeness (QED) is 0.461. The van der Waals surface area contributed by atoms with Crippen molar-refractivity contribution in [3.63, 3.8) is 0 Å². The summed E-state index contributed by atoms with van der Waals surface area (Å²) in [5, 5.41) is 11.0. The summed E-state index contributed by atoms with van der Waals surface area (Å²) in [4.78, 5) is 5.05. The van der Waals surface area contributed by atoms with Crippen molar-refractivity contribution in [1.82, 2.24) is 9.80 Å². The Morgan fingerprint density at radius 1 is 0.757 bits per heavy atom. The van der Waals surface area contributed by atoms with Gasteiger partial charge in [0.05, 0.1) is 21.3 Å². The molecule has 6 heteroatoms. The highest BCUT2D eigenvalue weighted by atomic mass is 16.5. The van der Waals surface area contributed by atoms with Gasteiger partial charge >= 0.3 is 0 Å². The summed E-state index contributed by atoms with van der Waals surface area (Å²) in [5.74, 6) is 2.55. The van der Waals surface area contributed by atoms with Crippen LogP contribution in [0.2, 0.25) is 0 Å². The molecule has 0 aliphatic carbocycles. The van der Waals surface area contributed by atoms with Crippen LogP contribution in [-0.2, 0) is 23.8 Å². The Kier molecular flexibility index (Phi) is 9.41. The molecule has 0 aromatic heterocycles. The minimum atomic E-state index is -0.0903. The van der Waals surface area contributed by atoms with Crippen LogP contribution < -0.4 is 14.2 Å². The number of nitrogens with zero attached hydrogens (tertiary/aromatic N) is 2. The van der Waals surface area contributed by atoms with Crippen LogP contribution >= 0.6 is 0 Å². The Labute approximate surface area is 224 Å². The molecule has 0 radical (unpaired) electrons. The molecular weight excluding hydrogens is 464 g/mol. The Morgan fingerprint density at radius 2 is 1.30 bits per heavy atom. The fraction of sp³-hybridized carbons (Fsp3) is 0.613. The molecule has 1 aliphatic heterocycles. The predicted octanol–water partition coefficient (Wildman–Crippen LogP) is 5.76. The third-order valence-electron chi connectivity index (χ3n) is 7.37. The largest absolute Gasteiger partial charge is 0.507 e. The van der Waals surface area contributed by atoms with Gasteiger partial charge in [-0.15, -0.1) is 0 Å². The van der Waals surface area contributed by atoms with Crippen LogP contribution in [0.25, 0.3) is 0 Å². The number of hydrogen-bond donors (Lipinski definition) is 1. The van der Waals surface area contributed by atoms with Crippen molar-refractivity contribution in [2.45, 2.75) is 71.8 Å². The van der Waals surface area contributed by atoms with E-state index in [0.29, 0.717) is 17.2 Å². The van der Waals surface area contributed by atoms with E-state index in [4.69, 9.17) is 14.2 Å². The number of benzene rings is 2. The zero-order valence-electron chi connectivity index (χ0n) is 24.5. The normalized spacial score (nSPS) is 15.6. The molecule has 1 heterocycles. The number of aromatic hydroxyl groups is 1. The van der Waals surface area contributed by atoms with Crippen molar-refractivity contribution in [1.29, 1.82) is 0 Å². The number of piperazine rings is 1. The van der Waals surface area contributed by atoms with E-state index in [9.17, 15) is 5.11 Å². The average molecular weight is 513 g/mol. The second-order valence-electron chi connectivity index (χ2n) is 12.3. The molecule has 37 heavy (non-hydrogen) atoms. The fourth-order valence-corrected chi connectivity index (χ4v) is 5.19. The van der Waals surface area contributed by atoms with Crippen LogP contribution in [0.5, 0.6) is 23.0 Å². The van der Waals surface area contributed by atoms with E-state index >= 15 is 0 Å². The lowest BCUT2D eigenvalue weighted by Gasteiger charge is -2.35. The number of hydrogen-bond acceptors (Lipinski definition) is 6. The third-order valence-corrected chi connectivity index (χ3v) is 7.37. The first-order chi connectivity index (χ1) is 17.4. The second-order valence-corrected chi connectivity index (χ2v) is 12.3. The maximum atomic E-state index is 11.0. The van der Waals surface area contributed by atoms with E-state index in [1.807, 2.05) is 6.07 Å². The van der Waals surface area contributed by atoms with Gasteiger partial charge in [0.2, 0.25) is 5.75 Å². The minimum absolute atomic E-state index is 0.0903. The van der Waals surface area contributed by atoms with Crippen molar-refractivity contribution in [3.8, 4) is 23.0 Å². The number of methoxy groups -OCH3 is 3. The van der Waals surface area contributed by atoms with Crippen LogP contribution in [0.1, 0.15) is 70.2 Å².